The second-order valence-corrected chi connectivity index (χ2v) is 5.12. The fourth-order valence-electron chi connectivity index (χ4n) is 1.10. The molecule has 1 N–H and O–H groups in total. The van der Waals surface area contributed by atoms with E-state index in [9.17, 15) is 4.79 Å². The third-order valence-electron chi connectivity index (χ3n) is 1.79. The molecule has 0 saturated carbocycles. The van der Waals surface area contributed by atoms with Crippen molar-refractivity contribution in [3.63, 3.8) is 0 Å². The van der Waals surface area contributed by atoms with Gasteiger partial charge in [0.15, 0.2) is 0 Å². The molecule has 0 aliphatic carbocycles. The number of hydrogen-bond acceptors (Lipinski definition) is 3. The van der Waals surface area contributed by atoms with Crippen LogP contribution in [0.4, 0.5) is 5.82 Å². The third-order valence-corrected chi connectivity index (χ3v) is 3.86. The van der Waals surface area contributed by atoms with Gasteiger partial charge in [0.05, 0.1) is 0 Å². The molecule has 1 amide bonds. The van der Waals surface area contributed by atoms with E-state index < -0.39 is 0 Å². The van der Waals surface area contributed by atoms with E-state index in [1.165, 1.54) is 11.3 Å². The number of aromatic nitrogens is 1. The first kappa shape index (κ1) is 11.6. The number of amides is 1. The Morgan fingerprint density at radius 3 is 2.94 bits per heavy atom. The maximum atomic E-state index is 11.8. The van der Waals surface area contributed by atoms with Crippen molar-refractivity contribution in [3.8, 4) is 0 Å². The summed E-state index contributed by atoms with van der Waals surface area (Å²) in [6.45, 7) is 0. The van der Waals surface area contributed by atoms with Gasteiger partial charge in [-0.15, -0.1) is 11.3 Å². The number of carbonyl (C=O) groups is 1. The Balaban J connectivity index is 2.17. The zero-order chi connectivity index (χ0) is 11.5. The zero-order valence-corrected chi connectivity index (χ0v) is 11.1. The molecule has 0 aliphatic heterocycles. The molecule has 0 aromatic carbocycles. The lowest BCUT2D eigenvalue weighted by molar-refractivity contribution is 0.102. The molecule has 0 saturated heterocycles. The van der Waals surface area contributed by atoms with E-state index in [2.05, 4.69) is 26.2 Å². The molecule has 0 bridgehead atoms. The molecule has 6 heteroatoms. The van der Waals surface area contributed by atoms with Gasteiger partial charge in [0.1, 0.15) is 10.7 Å². The molecule has 0 aliphatic rings. The minimum atomic E-state index is -0.198. The highest BCUT2D eigenvalue weighted by atomic mass is 79.9. The number of carbonyl (C=O) groups excluding carboxylic acids is 1. The SMILES string of the molecule is O=C(Nc1cc(Cl)ccn1)c1sccc1Br. The molecule has 2 aromatic heterocycles. The van der Waals surface area contributed by atoms with E-state index in [-0.39, 0.29) is 5.91 Å². The van der Waals surface area contributed by atoms with Crippen molar-refractivity contribution in [1.29, 1.82) is 0 Å². The Morgan fingerprint density at radius 2 is 2.31 bits per heavy atom. The van der Waals surface area contributed by atoms with Gasteiger partial charge in [0.2, 0.25) is 0 Å². The molecule has 82 valence electrons. The van der Waals surface area contributed by atoms with E-state index in [0.29, 0.717) is 15.7 Å². The van der Waals surface area contributed by atoms with Gasteiger partial charge < -0.3 is 5.32 Å². The Hall–Kier alpha value is -0.910. The van der Waals surface area contributed by atoms with Gasteiger partial charge in [-0.05, 0) is 39.5 Å². The van der Waals surface area contributed by atoms with Crippen LogP contribution in [0.25, 0.3) is 0 Å². The summed E-state index contributed by atoms with van der Waals surface area (Å²) in [6.07, 6.45) is 1.54. The Morgan fingerprint density at radius 1 is 1.50 bits per heavy atom. The maximum Gasteiger partial charge on any atom is 0.268 e. The van der Waals surface area contributed by atoms with Crippen molar-refractivity contribution in [3.05, 3.63) is 44.1 Å². The molecule has 0 radical (unpaired) electrons. The van der Waals surface area contributed by atoms with E-state index in [1.54, 1.807) is 18.3 Å². The zero-order valence-electron chi connectivity index (χ0n) is 7.91. The summed E-state index contributed by atoms with van der Waals surface area (Å²) in [4.78, 5) is 16.4. The smallest absolute Gasteiger partial charge is 0.268 e. The van der Waals surface area contributed by atoms with Crippen LogP contribution in [-0.4, -0.2) is 10.9 Å². The highest BCUT2D eigenvalue weighted by Gasteiger charge is 2.12. The second-order valence-electron chi connectivity index (χ2n) is 2.91. The molecule has 3 nitrogen and oxygen atoms in total. The first-order valence-corrected chi connectivity index (χ1v) is 6.38. The summed E-state index contributed by atoms with van der Waals surface area (Å²) in [5.74, 6) is 0.245. The largest absolute Gasteiger partial charge is 0.306 e. The minimum absolute atomic E-state index is 0.198. The van der Waals surface area contributed by atoms with E-state index in [0.717, 1.165) is 4.47 Å². The van der Waals surface area contributed by atoms with Gasteiger partial charge in [0.25, 0.3) is 5.91 Å². The minimum Gasteiger partial charge on any atom is -0.306 e. The molecule has 2 rings (SSSR count). The average molecular weight is 318 g/mol. The Kier molecular flexibility index (Phi) is 3.58. The number of nitrogens with zero attached hydrogens (tertiary/aromatic N) is 1. The number of nitrogens with one attached hydrogen (secondary N) is 1. The summed E-state index contributed by atoms with van der Waals surface area (Å²) in [6, 6.07) is 5.07. The number of anilines is 1. The molecule has 0 spiro atoms. The predicted molar refractivity (Wildman–Crippen MR) is 69.2 cm³/mol. The lowest BCUT2D eigenvalue weighted by Gasteiger charge is -2.02. The monoisotopic (exact) mass is 316 g/mol. The number of halogens is 2. The van der Waals surface area contributed by atoms with Gasteiger partial charge in [-0.2, -0.15) is 0 Å². The molecule has 0 fully saturated rings. The van der Waals surface area contributed by atoms with Gasteiger partial charge in [-0.25, -0.2) is 4.98 Å². The summed E-state index contributed by atoms with van der Waals surface area (Å²) >= 11 is 10.4. The second kappa shape index (κ2) is 4.95. The van der Waals surface area contributed by atoms with Gasteiger partial charge in [-0.3, -0.25) is 4.79 Å². The number of hydrogen-bond donors (Lipinski definition) is 1. The first-order chi connectivity index (χ1) is 7.66. The lowest BCUT2D eigenvalue weighted by atomic mass is 10.4. The van der Waals surface area contributed by atoms with E-state index in [4.69, 9.17) is 11.6 Å². The van der Waals surface area contributed by atoms with Crippen LogP contribution in [0.5, 0.6) is 0 Å². The summed E-state index contributed by atoms with van der Waals surface area (Å²) < 4.78 is 0.775. The van der Waals surface area contributed by atoms with Crippen LogP contribution in [-0.2, 0) is 0 Å². The molecule has 0 unspecified atom stereocenters. The lowest BCUT2D eigenvalue weighted by Crippen LogP contribution is -2.11. The van der Waals surface area contributed by atoms with Gasteiger partial charge in [0, 0.05) is 15.7 Å². The van der Waals surface area contributed by atoms with Crippen molar-refractivity contribution < 1.29 is 4.79 Å². The summed E-state index contributed by atoms with van der Waals surface area (Å²) in [5.41, 5.74) is 0. The number of rotatable bonds is 2. The van der Waals surface area contributed by atoms with Crippen LogP contribution in [0.1, 0.15) is 9.67 Å². The van der Waals surface area contributed by atoms with Crippen molar-refractivity contribution in [2.75, 3.05) is 5.32 Å². The van der Waals surface area contributed by atoms with E-state index in [1.807, 2.05) is 11.4 Å². The fourth-order valence-corrected chi connectivity index (χ4v) is 2.71. The van der Waals surface area contributed by atoms with Crippen LogP contribution < -0.4 is 5.32 Å². The van der Waals surface area contributed by atoms with Crippen LogP contribution >= 0.6 is 38.9 Å². The number of thiophene rings is 1. The van der Waals surface area contributed by atoms with Crippen LogP contribution in [0.15, 0.2) is 34.2 Å². The first-order valence-electron chi connectivity index (χ1n) is 4.33. The third kappa shape index (κ3) is 2.61. The van der Waals surface area contributed by atoms with Gasteiger partial charge in [-0.1, -0.05) is 11.6 Å². The number of pyridine rings is 1. The topological polar surface area (TPSA) is 42.0 Å². The average Bonchev–Trinajstić information content (AvgIpc) is 2.64. The maximum absolute atomic E-state index is 11.8. The summed E-state index contributed by atoms with van der Waals surface area (Å²) in [7, 11) is 0. The van der Waals surface area contributed by atoms with Crippen LogP contribution in [0, 0.1) is 0 Å². The van der Waals surface area contributed by atoms with Crippen molar-refractivity contribution in [2.45, 2.75) is 0 Å². The Labute approximate surface area is 110 Å². The van der Waals surface area contributed by atoms with Crippen LogP contribution in [0.2, 0.25) is 5.02 Å². The standard InChI is InChI=1S/C10H6BrClN2OS/c11-7-2-4-16-9(7)10(15)14-8-5-6(12)1-3-13-8/h1-5H,(H,13,14,15). The van der Waals surface area contributed by atoms with Gasteiger partial charge >= 0.3 is 0 Å². The predicted octanol–water partition coefficient (Wildman–Crippen LogP) is 3.81. The molecule has 16 heavy (non-hydrogen) atoms. The highest BCUT2D eigenvalue weighted by Crippen LogP contribution is 2.23. The fraction of sp³-hybridized carbons (Fsp3) is 0. The van der Waals surface area contributed by atoms with Crippen molar-refractivity contribution in [2.24, 2.45) is 0 Å². The van der Waals surface area contributed by atoms with E-state index >= 15 is 0 Å². The molecule has 2 aromatic rings. The molecular formula is C10H6BrClN2OS. The van der Waals surface area contributed by atoms with Crippen molar-refractivity contribution >= 4 is 50.6 Å². The Bertz CT molecular complexity index is 529. The van der Waals surface area contributed by atoms with Crippen molar-refractivity contribution in [1.82, 2.24) is 4.98 Å². The normalized spacial score (nSPS) is 10.1. The highest BCUT2D eigenvalue weighted by molar-refractivity contribution is 9.10. The molecular weight excluding hydrogens is 312 g/mol. The quantitative estimate of drug-likeness (QED) is 0.915. The molecule has 2 heterocycles. The molecule has 0 atom stereocenters. The summed E-state index contributed by atoms with van der Waals surface area (Å²) in [5, 5.41) is 5.05. The van der Waals surface area contributed by atoms with Crippen LogP contribution in [0.3, 0.4) is 0 Å².